The van der Waals surface area contributed by atoms with Crippen LogP contribution in [-0.2, 0) is 12.8 Å². The second-order valence-corrected chi connectivity index (χ2v) is 2.96. The van der Waals surface area contributed by atoms with Crippen molar-refractivity contribution in [1.82, 2.24) is 4.98 Å². The number of aliphatic hydroxyl groups excluding tert-OH is 1. The number of ether oxygens (including phenoxy) is 1. The Kier molecular flexibility index (Phi) is 3.70. The number of rotatable bonds is 2. The summed E-state index contributed by atoms with van der Waals surface area (Å²) in [4.78, 5) is 2.91. The van der Waals surface area contributed by atoms with Crippen molar-refractivity contribution in [1.29, 1.82) is 0 Å². The average molecular weight is 279 g/mol. The predicted molar refractivity (Wildman–Crippen MR) is 41.8 cm³/mol. The molecule has 18 heavy (non-hydrogen) atoms. The molecule has 10 heteroatoms. The first-order valence-electron chi connectivity index (χ1n) is 4.17. The van der Waals surface area contributed by atoms with Crippen LogP contribution in [0.1, 0.15) is 11.3 Å². The molecule has 0 bridgehead atoms. The van der Waals surface area contributed by atoms with Crippen LogP contribution < -0.4 is 4.74 Å². The summed E-state index contributed by atoms with van der Waals surface area (Å²) in [5, 5.41) is 8.60. The first-order valence-corrected chi connectivity index (χ1v) is 4.17. The van der Waals surface area contributed by atoms with Crippen molar-refractivity contribution in [2.75, 3.05) is 0 Å². The molecule has 0 aliphatic heterocycles. The van der Waals surface area contributed by atoms with Crippen LogP contribution in [0.4, 0.5) is 30.7 Å². The van der Waals surface area contributed by atoms with Crippen molar-refractivity contribution in [3.05, 3.63) is 23.3 Å². The molecule has 0 atom stereocenters. The van der Waals surface area contributed by atoms with Crippen molar-refractivity contribution in [2.45, 2.75) is 19.1 Å². The molecule has 0 saturated carbocycles. The van der Waals surface area contributed by atoms with Crippen molar-refractivity contribution in [3.63, 3.8) is 0 Å². The van der Waals surface area contributed by atoms with Crippen LogP contribution in [0.3, 0.4) is 0 Å². The third-order valence-electron chi connectivity index (χ3n) is 1.71. The topological polar surface area (TPSA) is 42.4 Å². The van der Waals surface area contributed by atoms with Gasteiger partial charge in [-0.25, -0.2) is 4.39 Å². The SMILES string of the molecule is OCc1ncc(F)c(C(F)(F)F)c1OC(F)(F)F. The van der Waals surface area contributed by atoms with Gasteiger partial charge in [0, 0.05) is 0 Å². The number of alkyl halides is 6. The largest absolute Gasteiger partial charge is 0.573 e. The van der Waals surface area contributed by atoms with E-state index < -0.39 is 42.0 Å². The monoisotopic (exact) mass is 279 g/mol. The highest BCUT2D eigenvalue weighted by Crippen LogP contribution is 2.41. The van der Waals surface area contributed by atoms with E-state index >= 15 is 0 Å². The van der Waals surface area contributed by atoms with Crippen LogP contribution in [0.15, 0.2) is 6.20 Å². The van der Waals surface area contributed by atoms with Gasteiger partial charge in [0.1, 0.15) is 11.3 Å². The third-order valence-corrected chi connectivity index (χ3v) is 1.71. The first-order chi connectivity index (χ1) is 8.06. The van der Waals surface area contributed by atoms with Crippen LogP contribution in [0.5, 0.6) is 5.75 Å². The molecule has 0 spiro atoms. The van der Waals surface area contributed by atoms with E-state index in [9.17, 15) is 30.7 Å². The van der Waals surface area contributed by atoms with Gasteiger partial charge in [-0.15, -0.1) is 13.2 Å². The van der Waals surface area contributed by atoms with Crippen molar-refractivity contribution < 1.29 is 40.6 Å². The second kappa shape index (κ2) is 4.59. The molecule has 102 valence electrons. The summed E-state index contributed by atoms with van der Waals surface area (Å²) < 4.78 is 89.0. The summed E-state index contributed by atoms with van der Waals surface area (Å²) in [7, 11) is 0. The van der Waals surface area contributed by atoms with Crippen molar-refractivity contribution in [2.24, 2.45) is 0 Å². The van der Waals surface area contributed by atoms with Gasteiger partial charge in [-0.3, -0.25) is 4.98 Å². The minimum absolute atomic E-state index is 0.0532. The van der Waals surface area contributed by atoms with E-state index in [1.54, 1.807) is 0 Å². The van der Waals surface area contributed by atoms with E-state index in [4.69, 9.17) is 5.11 Å². The number of nitrogens with zero attached hydrogens (tertiary/aromatic N) is 1. The fraction of sp³-hybridized carbons (Fsp3) is 0.375. The first kappa shape index (κ1) is 14.5. The van der Waals surface area contributed by atoms with Gasteiger partial charge in [-0.2, -0.15) is 13.2 Å². The third kappa shape index (κ3) is 3.22. The quantitative estimate of drug-likeness (QED) is 0.846. The average Bonchev–Trinajstić information content (AvgIpc) is 2.13. The Morgan fingerprint density at radius 2 is 1.72 bits per heavy atom. The summed E-state index contributed by atoms with van der Waals surface area (Å²) in [6.45, 7) is -1.27. The van der Waals surface area contributed by atoms with Gasteiger partial charge in [-0.05, 0) is 0 Å². The Labute approximate surface area is 94.8 Å². The van der Waals surface area contributed by atoms with Crippen LogP contribution >= 0.6 is 0 Å². The molecule has 0 saturated heterocycles. The normalized spacial score (nSPS) is 12.7. The summed E-state index contributed by atoms with van der Waals surface area (Å²) in [6, 6.07) is 0. The van der Waals surface area contributed by atoms with Gasteiger partial charge in [-0.1, -0.05) is 0 Å². The predicted octanol–water partition coefficient (Wildman–Crippen LogP) is 2.63. The van der Waals surface area contributed by atoms with E-state index in [0.717, 1.165) is 0 Å². The molecule has 0 aromatic carbocycles. The Morgan fingerprint density at radius 3 is 2.11 bits per heavy atom. The Morgan fingerprint density at radius 1 is 1.17 bits per heavy atom. The highest BCUT2D eigenvalue weighted by atomic mass is 19.4. The second-order valence-electron chi connectivity index (χ2n) is 2.96. The van der Waals surface area contributed by atoms with E-state index in [2.05, 4.69) is 9.72 Å². The molecule has 1 aromatic heterocycles. The number of aliphatic hydroxyl groups is 1. The summed E-state index contributed by atoms with van der Waals surface area (Å²) in [5.41, 5.74) is -3.33. The fourth-order valence-electron chi connectivity index (χ4n) is 1.11. The van der Waals surface area contributed by atoms with Crippen LogP contribution in [0.25, 0.3) is 0 Å². The lowest BCUT2D eigenvalue weighted by atomic mass is 10.2. The van der Waals surface area contributed by atoms with Gasteiger partial charge >= 0.3 is 12.5 Å². The molecule has 3 nitrogen and oxygen atoms in total. The molecule has 0 fully saturated rings. The Hall–Kier alpha value is -1.58. The van der Waals surface area contributed by atoms with Gasteiger partial charge < -0.3 is 9.84 Å². The lowest BCUT2D eigenvalue weighted by molar-refractivity contribution is -0.277. The van der Waals surface area contributed by atoms with E-state index in [1.165, 1.54) is 0 Å². The lowest BCUT2D eigenvalue weighted by Crippen LogP contribution is -2.23. The maximum Gasteiger partial charge on any atom is 0.573 e. The zero-order valence-corrected chi connectivity index (χ0v) is 8.23. The van der Waals surface area contributed by atoms with Crippen LogP contribution in [0, 0.1) is 5.82 Å². The standard InChI is InChI=1S/C8H4F7NO2/c9-3-1-16-4(2-17)6(18-8(13,14)15)5(3)7(10,11)12/h1,17H,2H2. The van der Waals surface area contributed by atoms with Gasteiger partial charge in [0.2, 0.25) is 0 Å². The molecule has 0 unspecified atom stereocenters. The van der Waals surface area contributed by atoms with E-state index in [-0.39, 0.29) is 6.20 Å². The lowest BCUT2D eigenvalue weighted by Gasteiger charge is -2.17. The molecular weight excluding hydrogens is 275 g/mol. The highest BCUT2D eigenvalue weighted by Gasteiger charge is 2.43. The minimum Gasteiger partial charge on any atom is -0.403 e. The summed E-state index contributed by atoms with van der Waals surface area (Å²) >= 11 is 0. The number of halogens is 7. The summed E-state index contributed by atoms with van der Waals surface area (Å²) in [6.07, 6.45) is -10.8. The molecule has 0 radical (unpaired) electrons. The van der Waals surface area contributed by atoms with E-state index in [1.807, 2.05) is 0 Å². The van der Waals surface area contributed by atoms with Gasteiger partial charge in [0.05, 0.1) is 12.8 Å². The smallest absolute Gasteiger partial charge is 0.403 e. The molecule has 0 amide bonds. The molecule has 1 aromatic rings. The zero-order valence-electron chi connectivity index (χ0n) is 8.23. The number of hydrogen-bond donors (Lipinski definition) is 1. The van der Waals surface area contributed by atoms with Crippen LogP contribution in [-0.4, -0.2) is 16.5 Å². The van der Waals surface area contributed by atoms with Crippen molar-refractivity contribution >= 4 is 0 Å². The Balaban J connectivity index is 3.47. The minimum atomic E-state index is -5.47. The molecule has 1 heterocycles. The molecule has 0 aliphatic carbocycles. The molecular formula is C8H4F7NO2. The summed E-state index contributed by atoms with van der Waals surface area (Å²) in [5.74, 6) is -3.92. The molecule has 1 rings (SSSR count). The van der Waals surface area contributed by atoms with Crippen molar-refractivity contribution in [3.8, 4) is 5.75 Å². The highest BCUT2D eigenvalue weighted by molar-refractivity contribution is 5.40. The number of hydrogen-bond acceptors (Lipinski definition) is 3. The van der Waals surface area contributed by atoms with Crippen LogP contribution in [0.2, 0.25) is 0 Å². The zero-order chi connectivity index (χ0) is 14.1. The number of aromatic nitrogens is 1. The van der Waals surface area contributed by atoms with Gasteiger partial charge in [0.15, 0.2) is 11.6 Å². The molecule has 1 N–H and O–H groups in total. The maximum atomic E-state index is 12.9. The Bertz CT molecular complexity index is 440. The maximum absolute atomic E-state index is 12.9. The fourth-order valence-corrected chi connectivity index (χ4v) is 1.11. The number of pyridine rings is 1. The molecule has 0 aliphatic rings. The van der Waals surface area contributed by atoms with Gasteiger partial charge in [0.25, 0.3) is 0 Å². The van der Waals surface area contributed by atoms with E-state index in [0.29, 0.717) is 0 Å².